The fourth-order valence-corrected chi connectivity index (χ4v) is 1.88. The molecule has 0 saturated heterocycles. The van der Waals surface area contributed by atoms with Gasteiger partial charge in [-0.15, -0.1) is 0 Å². The molecule has 0 amide bonds. The fraction of sp³-hybridized carbons (Fsp3) is 0.231. The van der Waals surface area contributed by atoms with Crippen molar-refractivity contribution >= 4 is 23.0 Å². The second kappa shape index (κ2) is 6.29. The van der Waals surface area contributed by atoms with Gasteiger partial charge in [0.1, 0.15) is 5.82 Å². The second-order valence-electron chi connectivity index (χ2n) is 3.93. The third-order valence-electron chi connectivity index (χ3n) is 2.66. The predicted octanol–water partition coefficient (Wildman–Crippen LogP) is 2.53. The van der Waals surface area contributed by atoms with Gasteiger partial charge in [0.15, 0.2) is 5.11 Å². The third kappa shape index (κ3) is 3.51. The number of para-hydroxylation sites is 1. The van der Waals surface area contributed by atoms with Gasteiger partial charge in [-0.3, -0.25) is 4.68 Å². The zero-order valence-corrected chi connectivity index (χ0v) is 11.4. The van der Waals surface area contributed by atoms with E-state index in [9.17, 15) is 4.39 Å². The van der Waals surface area contributed by atoms with Gasteiger partial charge in [0.2, 0.25) is 0 Å². The highest BCUT2D eigenvalue weighted by atomic mass is 32.1. The lowest BCUT2D eigenvalue weighted by Gasteiger charge is -2.11. The lowest BCUT2D eigenvalue weighted by atomic mass is 10.3. The first-order valence-corrected chi connectivity index (χ1v) is 6.41. The van der Waals surface area contributed by atoms with Crippen LogP contribution in [0.3, 0.4) is 0 Å². The molecule has 0 aliphatic heterocycles. The largest absolute Gasteiger partial charge is 0.357 e. The molecule has 100 valence electrons. The van der Waals surface area contributed by atoms with Crippen molar-refractivity contribution in [1.82, 2.24) is 15.1 Å². The summed E-state index contributed by atoms with van der Waals surface area (Å²) in [7, 11) is 0. The molecule has 2 rings (SSSR count). The molecule has 0 spiro atoms. The zero-order valence-electron chi connectivity index (χ0n) is 10.6. The van der Waals surface area contributed by atoms with Gasteiger partial charge in [-0.05, 0) is 37.3 Å². The monoisotopic (exact) mass is 278 g/mol. The summed E-state index contributed by atoms with van der Waals surface area (Å²) in [6, 6.07) is 8.33. The van der Waals surface area contributed by atoms with E-state index >= 15 is 0 Å². The van der Waals surface area contributed by atoms with E-state index in [-0.39, 0.29) is 5.82 Å². The number of nitrogens with one attached hydrogen (secondary N) is 2. The molecule has 1 aromatic carbocycles. The summed E-state index contributed by atoms with van der Waals surface area (Å²) in [6.07, 6.45) is 1.74. The molecule has 0 fully saturated rings. The van der Waals surface area contributed by atoms with Crippen LogP contribution in [0.1, 0.15) is 12.6 Å². The summed E-state index contributed by atoms with van der Waals surface area (Å²) in [5, 5.41) is 10.4. The number of nitrogens with zero attached hydrogens (tertiary/aromatic N) is 2. The number of rotatable bonds is 4. The van der Waals surface area contributed by atoms with Crippen molar-refractivity contribution in [3.8, 4) is 0 Å². The highest BCUT2D eigenvalue weighted by Crippen LogP contribution is 2.12. The predicted molar refractivity (Wildman–Crippen MR) is 77.4 cm³/mol. The molecule has 0 atom stereocenters. The van der Waals surface area contributed by atoms with Gasteiger partial charge < -0.3 is 10.6 Å². The normalized spacial score (nSPS) is 10.2. The molecular weight excluding hydrogens is 263 g/mol. The first kappa shape index (κ1) is 13.5. The van der Waals surface area contributed by atoms with E-state index < -0.39 is 0 Å². The molecule has 0 unspecified atom stereocenters. The van der Waals surface area contributed by atoms with Gasteiger partial charge in [0.25, 0.3) is 0 Å². The molecule has 6 heteroatoms. The Balaban J connectivity index is 1.90. The van der Waals surface area contributed by atoms with Crippen molar-refractivity contribution in [1.29, 1.82) is 0 Å². The van der Waals surface area contributed by atoms with Crippen LogP contribution in [0.25, 0.3) is 0 Å². The van der Waals surface area contributed by atoms with Crippen molar-refractivity contribution < 1.29 is 4.39 Å². The van der Waals surface area contributed by atoms with Crippen molar-refractivity contribution in [2.75, 3.05) is 5.32 Å². The number of aryl methyl sites for hydroxylation is 1. The van der Waals surface area contributed by atoms with Gasteiger partial charge in [-0.2, -0.15) is 5.10 Å². The molecule has 0 saturated carbocycles. The smallest absolute Gasteiger partial charge is 0.171 e. The van der Waals surface area contributed by atoms with Gasteiger partial charge >= 0.3 is 0 Å². The van der Waals surface area contributed by atoms with E-state index in [1.165, 1.54) is 6.07 Å². The Morgan fingerprint density at radius 1 is 1.37 bits per heavy atom. The summed E-state index contributed by atoms with van der Waals surface area (Å²) in [4.78, 5) is 0. The standard InChI is InChI=1S/C13H15FN4S/c1-2-18-10(7-8-16-18)9-15-13(19)17-12-6-4-3-5-11(12)14/h3-8H,2,9H2,1H3,(H2,15,17,19). The molecule has 0 aliphatic rings. The summed E-state index contributed by atoms with van der Waals surface area (Å²) in [5.41, 5.74) is 1.39. The maximum absolute atomic E-state index is 13.4. The summed E-state index contributed by atoms with van der Waals surface area (Å²) in [6.45, 7) is 3.37. The van der Waals surface area contributed by atoms with Crippen molar-refractivity contribution in [2.45, 2.75) is 20.0 Å². The van der Waals surface area contributed by atoms with E-state index in [1.54, 1.807) is 24.4 Å². The Labute approximate surface area is 116 Å². The highest BCUT2D eigenvalue weighted by molar-refractivity contribution is 7.80. The minimum absolute atomic E-state index is 0.328. The number of hydrogen-bond donors (Lipinski definition) is 2. The molecule has 19 heavy (non-hydrogen) atoms. The zero-order chi connectivity index (χ0) is 13.7. The minimum Gasteiger partial charge on any atom is -0.357 e. The third-order valence-corrected chi connectivity index (χ3v) is 2.90. The van der Waals surface area contributed by atoms with E-state index in [1.807, 2.05) is 17.7 Å². The average molecular weight is 278 g/mol. The van der Waals surface area contributed by atoms with Crippen molar-refractivity contribution in [3.05, 3.63) is 48.0 Å². The number of aromatic nitrogens is 2. The Kier molecular flexibility index (Phi) is 4.46. The summed E-state index contributed by atoms with van der Waals surface area (Å²) in [5.74, 6) is -0.328. The van der Waals surface area contributed by atoms with Crippen LogP contribution in [-0.2, 0) is 13.1 Å². The Morgan fingerprint density at radius 3 is 2.89 bits per heavy atom. The maximum Gasteiger partial charge on any atom is 0.171 e. The molecule has 0 aliphatic carbocycles. The molecule has 2 aromatic rings. The van der Waals surface area contributed by atoms with Crippen LogP contribution >= 0.6 is 12.2 Å². The first-order valence-electron chi connectivity index (χ1n) is 6.00. The van der Waals surface area contributed by atoms with Crippen molar-refractivity contribution in [3.63, 3.8) is 0 Å². The molecule has 2 N–H and O–H groups in total. The van der Waals surface area contributed by atoms with Crippen LogP contribution in [0.2, 0.25) is 0 Å². The quantitative estimate of drug-likeness (QED) is 0.843. The topological polar surface area (TPSA) is 41.9 Å². The number of hydrogen-bond acceptors (Lipinski definition) is 2. The molecule has 4 nitrogen and oxygen atoms in total. The number of anilines is 1. The summed E-state index contributed by atoms with van der Waals surface area (Å²) < 4.78 is 15.3. The first-order chi connectivity index (χ1) is 9.20. The van der Waals surface area contributed by atoms with Crippen LogP contribution in [0.5, 0.6) is 0 Å². The minimum atomic E-state index is -0.328. The molecule has 0 radical (unpaired) electrons. The van der Waals surface area contributed by atoms with E-state index in [0.29, 0.717) is 17.3 Å². The lowest BCUT2D eigenvalue weighted by molar-refractivity contribution is 0.613. The Hall–Kier alpha value is -1.95. The summed E-state index contributed by atoms with van der Waals surface area (Å²) >= 11 is 5.13. The van der Waals surface area contributed by atoms with E-state index in [0.717, 1.165) is 12.2 Å². The number of thiocarbonyl (C=S) groups is 1. The second-order valence-corrected chi connectivity index (χ2v) is 4.33. The maximum atomic E-state index is 13.4. The average Bonchev–Trinajstić information content (AvgIpc) is 2.86. The van der Waals surface area contributed by atoms with Crippen LogP contribution in [0, 0.1) is 5.82 Å². The van der Waals surface area contributed by atoms with Crippen LogP contribution < -0.4 is 10.6 Å². The van der Waals surface area contributed by atoms with Gasteiger partial charge in [0.05, 0.1) is 17.9 Å². The van der Waals surface area contributed by atoms with Crippen LogP contribution in [0.4, 0.5) is 10.1 Å². The lowest BCUT2D eigenvalue weighted by Crippen LogP contribution is -2.29. The van der Waals surface area contributed by atoms with E-state index in [2.05, 4.69) is 15.7 Å². The van der Waals surface area contributed by atoms with Gasteiger partial charge in [-0.1, -0.05) is 12.1 Å². The van der Waals surface area contributed by atoms with Gasteiger partial charge in [0, 0.05) is 12.7 Å². The van der Waals surface area contributed by atoms with E-state index in [4.69, 9.17) is 12.2 Å². The molecular formula is C13H15FN4S. The highest BCUT2D eigenvalue weighted by Gasteiger charge is 2.04. The van der Waals surface area contributed by atoms with Gasteiger partial charge in [-0.25, -0.2) is 4.39 Å². The fourth-order valence-electron chi connectivity index (χ4n) is 1.69. The number of halogens is 1. The van der Waals surface area contributed by atoms with Crippen LogP contribution in [-0.4, -0.2) is 14.9 Å². The van der Waals surface area contributed by atoms with Crippen molar-refractivity contribution in [2.24, 2.45) is 0 Å². The Morgan fingerprint density at radius 2 is 2.16 bits per heavy atom. The Bertz CT molecular complexity index is 567. The number of benzene rings is 1. The molecule has 1 heterocycles. The molecule has 1 aromatic heterocycles. The van der Waals surface area contributed by atoms with Crippen LogP contribution in [0.15, 0.2) is 36.5 Å². The molecule has 0 bridgehead atoms. The SMILES string of the molecule is CCn1nccc1CNC(=S)Nc1ccccc1F.